The number of aryl methyl sites for hydroxylation is 1. The number of aromatic amines is 1. The number of nitrogens with zero attached hydrogens (tertiary/aromatic N) is 5. The molecule has 0 aliphatic carbocycles. The summed E-state index contributed by atoms with van der Waals surface area (Å²) >= 11 is 1.05. The lowest BCUT2D eigenvalue weighted by Gasteiger charge is -2.04. The molecule has 2 aromatic heterocycles. The molecule has 8 nitrogen and oxygen atoms in total. The van der Waals surface area contributed by atoms with Gasteiger partial charge >= 0.3 is 11.1 Å². The van der Waals surface area contributed by atoms with Crippen LogP contribution in [0.3, 0.4) is 0 Å². The number of hydrogen-bond acceptors (Lipinski definition) is 7. The molecule has 9 heteroatoms. The summed E-state index contributed by atoms with van der Waals surface area (Å²) in [6.07, 6.45) is 2.70. The van der Waals surface area contributed by atoms with Crippen LogP contribution in [-0.4, -0.2) is 24.7 Å². The summed E-state index contributed by atoms with van der Waals surface area (Å²) in [5, 5.41) is 11.6. The number of H-pyrrole nitrogens is 1. The first-order chi connectivity index (χ1) is 8.60. The molecule has 18 heavy (non-hydrogen) atoms. The van der Waals surface area contributed by atoms with Crippen molar-refractivity contribution in [3.05, 3.63) is 38.8 Å². The minimum absolute atomic E-state index is 0.197. The number of hydrogen-bond donors (Lipinski definition) is 1. The van der Waals surface area contributed by atoms with Crippen molar-refractivity contribution in [2.45, 2.75) is 10.2 Å². The van der Waals surface area contributed by atoms with E-state index in [1.54, 1.807) is 7.05 Å². The maximum Gasteiger partial charge on any atom is 0.339 e. The Hall–Kier alpha value is -2.47. The van der Waals surface area contributed by atoms with Crippen LogP contribution in [0.25, 0.3) is 0 Å². The second-order valence-electron chi connectivity index (χ2n) is 3.15. The molecule has 0 radical (unpaired) electrons. The predicted molar refractivity (Wildman–Crippen MR) is 61.0 cm³/mol. The lowest BCUT2D eigenvalue weighted by Crippen LogP contribution is -2.33. The summed E-state index contributed by atoms with van der Waals surface area (Å²) in [4.78, 5) is 33.5. The van der Waals surface area contributed by atoms with Gasteiger partial charge in [0.05, 0.1) is 12.4 Å². The maximum atomic E-state index is 11.1. The molecule has 1 N–H and O–H groups in total. The Morgan fingerprint density at radius 1 is 1.39 bits per heavy atom. The van der Waals surface area contributed by atoms with E-state index < -0.39 is 11.1 Å². The van der Waals surface area contributed by atoms with Crippen molar-refractivity contribution in [2.24, 2.45) is 7.05 Å². The van der Waals surface area contributed by atoms with Crippen LogP contribution in [0.5, 0.6) is 0 Å². The lowest BCUT2D eigenvalue weighted by molar-refractivity contribution is 0.596. The molecule has 2 aromatic rings. The molecular weight excluding hydrogens is 256 g/mol. The minimum Gasteiger partial charge on any atom is -0.265 e. The smallest absolute Gasteiger partial charge is 0.265 e. The summed E-state index contributed by atoms with van der Waals surface area (Å²) in [6, 6.07) is 1.84. The van der Waals surface area contributed by atoms with Gasteiger partial charge in [0.15, 0.2) is 10.9 Å². The van der Waals surface area contributed by atoms with Crippen LogP contribution >= 0.6 is 11.8 Å². The SMILES string of the molecule is Cn1[nH]c(=O)c(=O)nc1Sc1cnc(C#N)cn1. The Morgan fingerprint density at radius 2 is 2.17 bits per heavy atom. The summed E-state index contributed by atoms with van der Waals surface area (Å²) in [6.45, 7) is 0. The molecule has 0 saturated carbocycles. The number of nitriles is 1. The molecule has 0 bridgehead atoms. The van der Waals surface area contributed by atoms with Crippen molar-refractivity contribution in [3.8, 4) is 6.07 Å². The van der Waals surface area contributed by atoms with Crippen LogP contribution in [0.4, 0.5) is 0 Å². The average Bonchev–Trinajstić information content (AvgIpc) is 2.37. The monoisotopic (exact) mass is 262 g/mol. The van der Waals surface area contributed by atoms with E-state index >= 15 is 0 Å². The van der Waals surface area contributed by atoms with E-state index in [0.717, 1.165) is 11.8 Å². The summed E-state index contributed by atoms with van der Waals surface area (Å²) in [5.41, 5.74) is -1.45. The topological polar surface area (TPSA) is 117 Å². The molecule has 0 spiro atoms. The third-order valence-electron chi connectivity index (χ3n) is 1.89. The molecule has 0 atom stereocenters. The molecule has 0 fully saturated rings. The predicted octanol–water partition coefficient (Wildman–Crippen LogP) is -0.719. The van der Waals surface area contributed by atoms with Gasteiger partial charge in [-0.05, 0) is 11.8 Å². The highest BCUT2D eigenvalue weighted by Crippen LogP contribution is 2.20. The van der Waals surface area contributed by atoms with Gasteiger partial charge in [-0.2, -0.15) is 10.2 Å². The first kappa shape index (κ1) is 12.0. The third kappa shape index (κ3) is 2.44. The quantitative estimate of drug-likeness (QED) is 0.709. The van der Waals surface area contributed by atoms with Crippen LogP contribution in [0.2, 0.25) is 0 Å². The van der Waals surface area contributed by atoms with Gasteiger partial charge in [-0.3, -0.25) is 19.4 Å². The highest BCUT2D eigenvalue weighted by atomic mass is 32.2. The van der Waals surface area contributed by atoms with E-state index in [-0.39, 0.29) is 10.9 Å². The Bertz CT molecular complexity index is 726. The van der Waals surface area contributed by atoms with Crippen molar-refractivity contribution < 1.29 is 0 Å². The lowest BCUT2D eigenvalue weighted by atomic mass is 10.5. The summed E-state index contributed by atoms with van der Waals surface area (Å²) in [7, 11) is 1.55. The van der Waals surface area contributed by atoms with E-state index in [9.17, 15) is 9.59 Å². The minimum atomic E-state index is -0.864. The van der Waals surface area contributed by atoms with E-state index in [1.807, 2.05) is 6.07 Å². The van der Waals surface area contributed by atoms with Crippen molar-refractivity contribution in [3.63, 3.8) is 0 Å². The molecule has 0 unspecified atom stereocenters. The number of aromatic nitrogens is 5. The molecule has 2 heterocycles. The van der Waals surface area contributed by atoms with Crippen molar-refractivity contribution in [1.29, 1.82) is 5.26 Å². The average molecular weight is 262 g/mol. The Kier molecular flexibility index (Phi) is 3.20. The normalized spacial score (nSPS) is 10.0. The van der Waals surface area contributed by atoms with Gasteiger partial charge in [-0.25, -0.2) is 9.97 Å². The second kappa shape index (κ2) is 4.80. The molecule has 0 aromatic carbocycles. The first-order valence-electron chi connectivity index (χ1n) is 4.67. The number of nitrogens with one attached hydrogen (secondary N) is 1. The maximum absolute atomic E-state index is 11.1. The zero-order chi connectivity index (χ0) is 13.1. The zero-order valence-corrected chi connectivity index (χ0v) is 9.93. The fourth-order valence-corrected chi connectivity index (χ4v) is 1.78. The van der Waals surface area contributed by atoms with Crippen LogP contribution < -0.4 is 11.1 Å². The van der Waals surface area contributed by atoms with Gasteiger partial charge in [0.2, 0.25) is 0 Å². The van der Waals surface area contributed by atoms with Crippen molar-refractivity contribution in [1.82, 2.24) is 24.7 Å². The molecular formula is C9H6N6O2S. The molecule has 90 valence electrons. The van der Waals surface area contributed by atoms with Gasteiger partial charge in [-0.1, -0.05) is 0 Å². The van der Waals surface area contributed by atoms with E-state index in [4.69, 9.17) is 5.26 Å². The van der Waals surface area contributed by atoms with Gasteiger partial charge in [-0.15, -0.1) is 0 Å². The van der Waals surface area contributed by atoms with Crippen LogP contribution in [0.1, 0.15) is 5.69 Å². The van der Waals surface area contributed by atoms with Gasteiger partial charge in [0, 0.05) is 7.05 Å². The fourth-order valence-electron chi connectivity index (χ4n) is 1.07. The zero-order valence-electron chi connectivity index (χ0n) is 9.12. The Balaban J connectivity index is 2.34. The molecule has 0 aliphatic rings. The van der Waals surface area contributed by atoms with Crippen molar-refractivity contribution in [2.75, 3.05) is 0 Å². The highest BCUT2D eigenvalue weighted by molar-refractivity contribution is 7.99. The molecule has 0 saturated heterocycles. The fraction of sp³-hybridized carbons (Fsp3) is 0.111. The highest BCUT2D eigenvalue weighted by Gasteiger charge is 2.07. The number of rotatable bonds is 2. The molecule has 2 rings (SSSR count). The Labute approximate surface area is 104 Å². The Morgan fingerprint density at radius 3 is 2.78 bits per heavy atom. The third-order valence-corrected chi connectivity index (χ3v) is 2.85. The van der Waals surface area contributed by atoms with Crippen LogP contribution in [0.15, 0.2) is 32.2 Å². The van der Waals surface area contributed by atoms with Crippen LogP contribution in [-0.2, 0) is 7.05 Å². The largest absolute Gasteiger partial charge is 0.339 e. The van der Waals surface area contributed by atoms with Crippen molar-refractivity contribution >= 4 is 11.8 Å². The van der Waals surface area contributed by atoms with Gasteiger partial charge < -0.3 is 0 Å². The van der Waals surface area contributed by atoms with E-state index in [2.05, 4.69) is 20.1 Å². The van der Waals surface area contributed by atoms with Gasteiger partial charge in [0.25, 0.3) is 0 Å². The van der Waals surface area contributed by atoms with Crippen LogP contribution in [0, 0.1) is 11.3 Å². The summed E-state index contributed by atoms with van der Waals surface area (Å²) < 4.78 is 1.31. The molecule has 0 aliphatic heterocycles. The van der Waals surface area contributed by atoms with E-state index in [1.165, 1.54) is 17.1 Å². The summed E-state index contributed by atoms with van der Waals surface area (Å²) in [5.74, 6) is 0. The first-order valence-corrected chi connectivity index (χ1v) is 5.49. The second-order valence-corrected chi connectivity index (χ2v) is 4.14. The van der Waals surface area contributed by atoms with E-state index in [0.29, 0.717) is 5.03 Å². The molecule has 0 amide bonds. The van der Waals surface area contributed by atoms with Gasteiger partial charge in [0.1, 0.15) is 11.1 Å². The standard InChI is InChI=1S/C9H6N6O2S/c1-15-9(13-7(16)8(17)14-15)18-6-4-11-5(2-10)3-12-6/h3-4H,1H3,(H,14,17).